The molecule has 1 aromatic heterocycles. The third kappa shape index (κ3) is 1.88. The molecule has 2 aromatic rings. The lowest BCUT2D eigenvalue weighted by molar-refractivity contribution is 0.321. The van der Waals surface area contributed by atoms with Gasteiger partial charge in [-0.05, 0) is 24.3 Å². The second-order valence-corrected chi connectivity index (χ2v) is 3.10. The smallest absolute Gasteiger partial charge is 0.159 e. The predicted molar refractivity (Wildman–Crippen MR) is 59.5 cm³/mol. The van der Waals surface area contributed by atoms with Crippen LogP contribution in [-0.4, -0.2) is 28.1 Å². The van der Waals surface area contributed by atoms with Gasteiger partial charge in [0.25, 0.3) is 0 Å². The maximum atomic E-state index is 8.49. The molecule has 0 fully saturated rings. The molecule has 0 amide bonds. The zero-order chi connectivity index (χ0) is 11.4. The molecule has 5 nitrogen and oxygen atoms in total. The van der Waals surface area contributed by atoms with E-state index < -0.39 is 0 Å². The second kappa shape index (κ2) is 4.48. The third-order valence-electron chi connectivity index (χ3n) is 2.19. The summed E-state index contributed by atoms with van der Waals surface area (Å²) in [7, 11) is 1.62. The van der Waals surface area contributed by atoms with Gasteiger partial charge in [0.05, 0.1) is 7.11 Å². The van der Waals surface area contributed by atoms with Gasteiger partial charge in [-0.15, -0.1) is 0 Å². The molecule has 0 unspecified atom stereocenters. The van der Waals surface area contributed by atoms with Crippen LogP contribution in [-0.2, 0) is 0 Å². The fraction of sp³-hybridized carbons (Fsp3) is 0.0909. The summed E-state index contributed by atoms with van der Waals surface area (Å²) in [6, 6.07) is 7.51. The van der Waals surface area contributed by atoms with Gasteiger partial charge in [-0.25, -0.2) is 4.98 Å². The van der Waals surface area contributed by atoms with Crippen molar-refractivity contribution in [2.24, 2.45) is 5.16 Å². The van der Waals surface area contributed by atoms with Crippen LogP contribution in [0.3, 0.4) is 0 Å². The number of hydrogen-bond acceptors (Lipinski definition) is 4. The third-order valence-corrected chi connectivity index (χ3v) is 2.19. The van der Waals surface area contributed by atoms with E-state index in [-0.39, 0.29) is 0 Å². The first kappa shape index (κ1) is 10.2. The predicted octanol–water partition coefficient (Wildman–Crippen LogP) is 1.69. The van der Waals surface area contributed by atoms with Gasteiger partial charge in [-0.3, -0.25) is 4.57 Å². The van der Waals surface area contributed by atoms with Crippen molar-refractivity contribution in [1.29, 1.82) is 0 Å². The summed E-state index contributed by atoms with van der Waals surface area (Å²) in [6.45, 7) is 0. The Labute approximate surface area is 92.6 Å². The normalized spacial score (nSPS) is 10.8. The summed E-state index contributed by atoms with van der Waals surface area (Å²) in [5.74, 6) is 1.36. The highest BCUT2D eigenvalue weighted by atomic mass is 16.5. The van der Waals surface area contributed by atoms with E-state index in [1.165, 1.54) is 6.21 Å². The highest BCUT2D eigenvalue weighted by Gasteiger charge is 2.02. The van der Waals surface area contributed by atoms with Crippen LogP contribution in [0.2, 0.25) is 0 Å². The highest BCUT2D eigenvalue weighted by molar-refractivity contribution is 5.75. The molecule has 0 aliphatic carbocycles. The second-order valence-electron chi connectivity index (χ2n) is 3.10. The Hall–Kier alpha value is -2.30. The van der Waals surface area contributed by atoms with E-state index >= 15 is 0 Å². The number of aromatic nitrogens is 2. The molecule has 2 rings (SSSR count). The van der Waals surface area contributed by atoms with Crippen molar-refractivity contribution in [3.8, 4) is 11.4 Å². The highest BCUT2D eigenvalue weighted by Crippen LogP contribution is 2.15. The van der Waals surface area contributed by atoms with Gasteiger partial charge >= 0.3 is 0 Å². The fourth-order valence-corrected chi connectivity index (χ4v) is 1.42. The molecule has 0 saturated heterocycles. The molecule has 82 valence electrons. The van der Waals surface area contributed by atoms with E-state index in [1.807, 2.05) is 24.3 Å². The molecule has 1 aromatic carbocycles. The van der Waals surface area contributed by atoms with E-state index in [0.717, 1.165) is 11.4 Å². The molecule has 0 atom stereocenters. The molecule has 0 saturated carbocycles. The topological polar surface area (TPSA) is 59.6 Å². The van der Waals surface area contributed by atoms with Gasteiger partial charge in [0.2, 0.25) is 0 Å². The molecular weight excluding hydrogens is 206 g/mol. The molecule has 16 heavy (non-hydrogen) atoms. The first-order chi connectivity index (χ1) is 7.85. The average Bonchev–Trinajstić information content (AvgIpc) is 2.78. The molecule has 0 radical (unpaired) electrons. The van der Waals surface area contributed by atoms with Crippen LogP contribution >= 0.6 is 0 Å². The van der Waals surface area contributed by atoms with E-state index in [9.17, 15) is 0 Å². The van der Waals surface area contributed by atoms with Crippen LogP contribution in [0, 0.1) is 0 Å². The van der Waals surface area contributed by atoms with Crippen molar-refractivity contribution in [1.82, 2.24) is 9.55 Å². The zero-order valence-corrected chi connectivity index (χ0v) is 8.74. The monoisotopic (exact) mass is 217 g/mol. The number of ether oxygens (including phenoxy) is 1. The Kier molecular flexibility index (Phi) is 2.86. The number of rotatable bonds is 3. The number of nitrogens with zero attached hydrogens (tertiary/aromatic N) is 3. The van der Waals surface area contributed by atoms with Gasteiger partial charge in [0.15, 0.2) is 5.82 Å². The van der Waals surface area contributed by atoms with E-state index in [1.54, 1.807) is 24.1 Å². The summed E-state index contributed by atoms with van der Waals surface area (Å²) in [5.41, 5.74) is 0.924. The summed E-state index contributed by atoms with van der Waals surface area (Å²) in [5, 5.41) is 11.5. The van der Waals surface area contributed by atoms with E-state index in [4.69, 9.17) is 9.94 Å². The van der Waals surface area contributed by atoms with Crippen molar-refractivity contribution in [2.75, 3.05) is 7.11 Å². The molecule has 0 spiro atoms. The minimum atomic E-state index is 0.563. The minimum absolute atomic E-state index is 0.563. The van der Waals surface area contributed by atoms with Crippen LogP contribution in [0.15, 0.2) is 41.8 Å². The number of benzene rings is 1. The Morgan fingerprint density at radius 3 is 2.75 bits per heavy atom. The molecule has 1 N–H and O–H groups in total. The summed E-state index contributed by atoms with van der Waals surface area (Å²) in [4.78, 5) is 4.05. The Morgan fingerprint density at radius 2 is 2.12 bits per heavy atom. The van der Waals surface area contributed by atoms with Gasteiger partial charge in [-0.2, -0.15) is 0 Å². The van der Waals surface area contributed by atoms with Crippen LogP contribution in [0.4, 0.5) is 0 Å². The average molecular weight is 217 g/mol. The van der Waals surface area contributed by atoms with Gasteiger partial charge in [0.1, 0.15) is 12.0 Å². The lowest BCUT2D eigenvalue weighted by Gasteiger charge is -2.05. The summed E-state index contributed by atoms with van der Waals surface area (Å²) < 4.78 is 6.88. The molecule has 1 heterocycles. The van der Waals surface area contributed by atoms with Crippen molar-refractivity contribution >= 4 is 6.21 Å². The van der Waals surface area contributed by atoms with E-state index in [2.05, 4.69) is 10.1 Å². The van der Waals surface area contributed by atoms with Crippen LogP contribution in [0.5, 0.6) is 5.75 Å². The number of hydrogen-bond donors (Lipinski definition) is 1. The van der Waals surface area contributed by atoms with Gasteiger partial charge in [-0.1, -0.05) is 5.16 Å². The largest absolute Gasteiger partial charge is 0.497 e. The van der Waals surface area contributed by atoms with E-state index in [0.29, 0.717) is 5.82 Å². The minimum Gasteiger partial charge on any atom is -0.497 e. The quantitative estimate of drug-likeness (QED) is 0.483. The summed E-state index contributed by atoms with van der Waals surface area (Å²) in [6.07, 6.45) is 4.71. The fourth-order valence-electron chi connectivity index (χ4n) is 1.42. The van der Waals surface area contributed by atoms with Crippen molar-refractivity contribution in [3.05, 3.63) is 42.5 Å². The molecule has 0 aliphatic rings. The van der Waals surface area contributed by atoms with Crippen molar-refractivity contribution in [3.63, 3.8) is 0 Å². The first-order valence-electron chi connectivity index (χ1n) is 4.70. The van der Waals surface area contributed by atoms with Gasteiger partial charge < -0.3 is 9.94 Å². The Bertz CT molecular complexity index is 488. The Morgan fingerprint density at radius 1 is 1.38 bits per heavy atom. The molecule has 5 heteroatoms. The van der Waals surface area contributed by atoms with Crippen LogP contribution < -0.4 is 4.74 Å². The van der Waals surface area contributed by atoms with Gasteiger partial charge in [0, 0.05) is 18.1 Å². The Balaban J connectivity index is 2.38. The lowest BCUT2D eigenvalue weighted by atomic mass is 10.3. The van der Waals surface area contributed by atoms with Crippen LogP contribution in [0.1, 0.15) is 5.82 Å². The number of methoxy groups -OCH3 is 1. The maximum absolute atomic E-state index is 8.49. The zero-order valence-electron chi connectivity index (χ0n) is 8.74. The molecule has 0 aliphatic heterocycles. The molecule has 0 bridgehead atoms. The standard InChI is InChI=1S/C11H11N3O2/c1-16-10-4-2-9(3-5-10)14-7-6-12-11(14)8-13-15/h2-8,15H,1H3/b13-8-. The van der Waals surface area contributed by atoms with Crippen molar-refractivity contribution < 1.29 is 9.94 Å². The van der Waals surface area contributed by atoms with Crippen LogP contribution in [0.25, 0.3) is 5.69 Å². The number of imidazole rings is 1. The number of oxime groups is 1. The SMILES string of the molecule is COc1ccc(-n2ccnc2/C=N\O)cc1. The first-order valence-corrected chi connectivity index (χ1v) is 4.70. The molecular formula is C11H11N3O2. The summed E-state index contributed by atoms with van der Waals surface area (Å²) >= 11 is 0. The maximum Gasteiger partial charge on any atom is 0.159 e. The lowest BCUT2D eigenvalue weighted by Crippen LogP contribution is -1.99. The van der Waals surface area contributed by atoms with Crippen molar-refractivity contribution in [2.45, 2.75) is 0 Å².